The van der Waals surface area contributed by atoms with E-state index in [0.29, 0.717) is 0 Å². The van der Waals surface area contributed by atoms with E-state index in [1.54, 1.807) is 0 Å². The molecule has 0 radical (unpaired) electrons. The fourth-order valence-corrected chi connectivity index (χ4v) is 2.70. The standard InChI is InChI=1S/C10H22N2O2S/c13-7-3-11-1-2-12(4-8-14)6-10-15-9-5-11/h13-14H,1-10H2. The van der Waals surface area contributed by atoms with Crippen LogP contribution in [0.15, 0.2) is 0 Å². The van der Waals surface area contributed by atoms with Crippen LogP contribution in [0.25, 0.3) is 0 Å². The molecule has 2 N–H and O–H groups in total. The number of hydrogen-bond acceptors (Lipinski definition) is 5. The van der Waals surface area contributed by atoms with E-state index >= 15 is 0 Å². The molecule has 4 nitrogen and oxygen atoms in total. The molecule has 0 amide bonds. The molecule has 1 aliphatic heterocycles. The molecule has 15 heavy (non-hydrogen) atoms. The average molecular weight is 234 g/mol. The van der Waals surface area contributed by atoms with Gasteiger partial charge in [-0.15, -0.1) is 0 Å². The Morgan fingerprint density at radius 1 is 0.800 bits per heavy atom. The van der Waals surface area contributed by atoms with E-state index in [9.17, 15) is 0 Å². The van der Waals surface area contributed by atoms with Gasteiger partial charge in [0, 0.05) is 50.8 Å². The molecule has 0 aromatic heterocycles. The van der Waals surface area contributed by atoms with E-state index in [1.807, 2.05) is 11.8 Å². The third kappa shape index (κ3) is 5.73. The zero-order valence-electron chi connectivity index (χ0n) is 9.27. The average Bonchev–Trinajstić information content (AvgIpc) is 2.33. The van der Waals surface area contributed by atoms with Gasteiger partial charge in [0.1, 0.15) is 0 Å². The minimum Gasteiger partial charge on any atom is -0.395 e. The van der Waals surface area contributed by atoms with Crippen molar-refractivity contribution in [2.24, 2.45) is 0 Å². The van der Waals surface area contributed by atoms with Crippen LogP contribution >= 0.6 is 11.8 Å². The summed E-state index contributed by atoms with van der Waals surface area (Å²) in [5, 5.41) is 17.8. The molecule has 5 heteroatoms. The molecule has 0 unspecified atom stereocenters. The second-order valence-corrected chi connectivity index (χ2v) is 4.97. The lowest BCUT2D eigenvalue weighted by molar-refractivity contribution is 0.161. The van der Waals surface area contributed by atoms with Crippen molar-refractivity contribution in [1.29, 1.82) is 0 Å². The Hall–Kier alpha value is 0.190. The van der Waals surface area contributed by atoms with Crippen LogP contribution < -0.4 is 0 Å². The van der Waals surface area contributed by atoms with E-state index in [0.717, 1.165) is 50.8 Å². The van der Waals surface area contributed by atoms with Gasteiger partial charge in [-0.1, -0.05) is 0 Å². The van der Waals surface area contributed by atoms with Crippen LogP contribution in [0.3, 0.4) is 0 Å². The summed E-state index contributed by atoms with van der Waals surface area (Å²) in [5.74, 6) is 2.29. The normalized spacial score (nSPS) is 22.0. The van der Waals surface area contributed by atoms with Crippen molar-refractivity contribution in [3.63, 3.8) is 0 Å². The SMILES string of the molecule is OCCN1CCSCCN(CCO)CC1. The van der Waals surface area contributed by atoms with E-state index in [-0.39, 0.29) is 13.2 Å². The largest absolute Gasteiger partial charge is 0.395 e. The third-order valence-electron chi connectivity index (χ3n) is 2.67. The van der Waals surface area contributed by atoms with Crippen molar-refractivity contribution in [1.82, 2.24) is 9.80 Å². The fourth-order valence-electron chi connectivity index (χ4n) is 1.73. The summed E-state index contributed by atoms with van der Waals surface area (Å²) in [4.78, 5) is 4.59. The van der Waals surface area contributed by atoms with Gasteiger partial charge in [-0.05, 0) is 0 Å². The molecule has 1 rings (SSSR count). The highest BCUT2D eigenvalue weighted by atomic mass is 32.2. The number of nitrogens with zero attached hydrogens (tertiary/aromatic N) is 2. The molecule has 0 aliphatic carbocycles. The van der Waals surface area contributed by atoms with Gasteiger partial charge in [0.05, 0.1) is 13.2 Å². The molecule has 90 valence electrons. The zero-order valence-corrected chi connectivity index (χ0v) is 10.1. The Bertz CT molecular complexity index is 144. The Labute approximate surface area is 96.2 Å². The van der Waals surface area contributed by atoms with Crippen LogP contribution in [0.2, 0.25) is 0 Å². The fraction of sp³-hybridized carbons (Fsp3) is 1.00. The summed E-state index contributed by atoms with van der Waals surface area (Å²) in [7, 11) is 0. The summed E-state index contributed by atoms with van der Waals surface area (Å²) < 4.78 is 0. The lowest BCUT2D eigenvalue weighted by atomic mass is 10.4. The maximum Gasteiger partial charge on any atom is 0.0558 e. The van der Waals surface area contributed by atoms with Gasteiger partial charge in [0.25, 0.3) is 0 Å². The molecule has 0 bridgehead atoms. The summed E-state index contributed by atoms with van der Waals surface area (Å²) >= 11 is 1.96. The first-order chi connectivity index (χ1) is 7.36. The minimum absolute atomic E-state index is 0.241. The van der Waals surface area contributed by atoms with Gasteiger partial charge in [-0.3, -0.25) is 9.80 Å². The lowest BCUT2D eigenvalue weighted by Crippen LogP contribution is -2.38. The Kier molecular flexibility index (Phi) is 7.38. The van der Waals surface area contributed by atoms with Crippen LogP contribution in [-0.4, -0.2) is 84.0 Å². The molecule has 1 heterocycles. The Balaban J connectivity index is 2.33. The quantitative estimate of drug-likeness (QED) is 0.675. The third-order valence-corrected chi connectivity index (χ3v) is 3.61. The van der Waals surface area contributed by atoms with Gasteiger partial charge in [0.15, 0.2) is 0 Å². The molecule has 1 saturated heterocycles. The molecule has 0 spiro atoms. The molecule has 1 aliphatic rings. The van der Waals surface area contributed by atoms with E-state index in [4.69, 9.17) is 10.2 Å². The van der Waals surface area contributed by atoms with Crippen LogP contribution in [0.4, 0.5) is 0 Å². The number of β-amino-alcohol motifs (C(OH)–C–C–N with tert-alkyl or cyclic N) is 2. The van der Waals surface area contributed by atoms with Crippen molar-refractivity contribution in [2.75, 3.05) is 64.0 Å². The molecular formula is C10H22N2O2S. The number of rotatable bonds is 4. The summed E-state index contributed by atoms with van der Waals surface area (Å²) in [6.07, 6.45) is 0. The highest BCUT2D eigenvalue weighted by molar-refractivity contribution is 7.99. The van der Waals surface area contributed by atoms with E-state index < -0.39 is 0 Å². The second-order valence-electron chi connectivity index (χ2n) is 3.74. The topological polar surface area (TPSA) is 46.9 Å². The maximum atomic E-state index is 8.92. The van der Waals surface area contributed by atoms with Gasteiger partial charge < -0.3 is 10.2 Å². The highest BCUT2D eigenvalue weighted by Gasteiger charge is 2.11. The monoisotopic (exact) mass is 234 g/mol. The van der Waals surface area contributed by atoms with Crippen LogP contribution in [-0.2, 0) is 0 Å². The predicted molar refractivity (Wildman–Crippen MR) is 64.4 cm³/mol. The van der Waals surface area contributed by atoms with Crippen LogP contribution in [0.5, 0.6) is 0 Å². The zero-order chi connectivity index (χ0) is 10.9. The Morgan fingerprint density at radius 2 is 1.27 bits per heavy atom. The molecule has 1 fully saturated rings. The van der Waals surface area contributed by atoms with Gasteiger partial charge in [-0.25, -0.2) is 0 Å². The number of aliphatic hydroxyl groups excluding tert-OH is 2. The molecular weight excluding hydrogens is 212 g/mol. The molecule has 0 aromatic carbocycles. The van der Waals surface area contributed by atoms with Crippen molar-refractivity contribution in [2.45, 2.75) is 0 Å². The van der Waals surface area contributed by atoms with E-state index in [2.05, 4.69) is 9.80 Å². The molecule has 0 aromatic rings. The summed E-state index contributed by atoms with van der Waals surface area (Å²) in [5.41, 5.74) is 0. The predicted octanol–water partition coefficient (Wildman–Crippen LogP) is -0.678. The highest BCUT2D eigenvalue weighted by Crippen LogP contribution is 2.05. The number of thioether (sulfide) groups is 1. The van der Waals surface area contributed by atoms with Gasteiger partial charge in [0.2, 0.25) is 0 Å². The van der Waals surface area contributed by atoms with Crippen molar-refractivity contribution in [3.05, 3.63) is 0 Å². The van der Waals surface area contributed by atoms with Gasteiger partial charge >= 0.3 is 0 Å². The molecule has 0 saturated carbocycles. The van der Waals surface area contributed by atoms with Crippen molar-refractivity contribution in [3.8, 4) is 0 Å². The lowest BCUT2D eigenvalue weighted by Gasteiger charge is -2.24. The number of hydrogen-bond donors (Lipinski definition) is 2. The first kappa shape index (κ1) is 13.3. The van der Waals surface area contributed by atoms with Crippen LogP contribution in [0, 0.1) is 0 Å². The molecule has 0 atom stereocenters. The van der Waals surface area contributed by atoms with Crippen molar-refractivity contribution < 1.29 is 10.2 Å². The van der Waals surface area contributed by atoms with Crippen molar-refractivity contribution >= 4 is 11.8 Å². The first-order valence-corrected chi connectivity index (χ1v) is 6.76. The minimum atomic E-state index is 0.241. The smallest absolute Gasteiger partial charge is 0.0558 e. The summed E-state index contributed by atoms with van der Waals surface area (Å²) in [6.45, 7) is 6.16. The Morgan fingerprint density at radius 3 is 1.67 bits per heavy atom. The maximum absolute atomic E-state index is 8.92. The van der Waals surface area contributed by atoms with Gasteiger partial charge in [-0.2, -0.15) is 11.8 Å². The van der Waals surface area contributed by atoms with E-state index in [1.165, 1.54) is 0 Å². The van der Waals surface area contributed by atoms with Crippen LogP contribution in [0.1, 0.15) is 0 Å². The second kappa shape index (κ2) is 8.35. The number of aliphatic hydroxyl groups is 2. The first-order valence-electron chi connectivity index (χ1n) is 5.61. The summed E-state index contributed by atoms with van der Waals surface area (Å²) in [6, 6.07) is 0.